The molecule has 0 radical (unpaired) electrons. The molecule has 0 bridgehead atoms. The molecule has 0 saturated heterocycles. The van der Waals surface area contributed by atoms with E-state index in [0.29, 0.717) is 15.6 Å². The zero-order chi connectivity index (χ0) is 23.9. The number of aromatic hydroxyl groups is 1. The quantitative estimate of drug-likeness (QED) is 0.109. The number of aliphatic hydroxyl groups excluding tert-OH is 2. The van der Waals surface area contributed by atoms with Gasteiger partial charge in [0.15, 0.2) is 22.9 Å². The summed E-state index contributed by atoms with van der Waals surface area (Å²) in [5, 5.41) is 44.1. The van der Waals surface area contributed by atoms with Crippen LogP contribution in [0.3, 0.4) is 0 Å². The van der Waals surface area contributed by atoms with E-state index in [4.69, 9.17) is 11.5 Å². The number of Topliss-reactive ketones (excluding diaryl/α,β-unsaturated/α-hetero) is 2. The minimum Gasteiger partial charge on any atom is -0.508 e. The number of fused-ring (bicyclic) bond motifs is 3. The molecule has 0 aromatic heterocycles. The van der Waals surface area contributed by atoms with E-state index in [0.717, 1.165) is 0 Å². The molecule has 0 spiro atoms. The van der Waals surface area contributed by atoms with Gasteiger partial charge in [-0.1, -0.05) is 0 Å². The monoisotopic (exact) mass is 685 g/mol. The maximum absolute atomic E-state index is 13.4. The predicted molar refractivity (Wildman–Crippen MR) is 136 cm³/mol. The maximum atomic E-state index is 13.4. The third-order valence-corrected chi connectivity index (χ3v) is 8.03. The van der Waals surface area contributed by atoms with Crippen LogP contribution >= 0.6 is 46.6 Å². The van der Waals surface area contributed by atoms with Gasteiger partial charge in [0.25, 0.3) is 5.91 Å². The Morgan fingerprint density at radius 1 is 1.24 bits per heavy atom. The van der Waals surface area contributed by atoms with E-state index in [-0.39, 0.29) is 47.4 Å². The van der Waals surface area contributed by atoms with Crippen LogP contribution < -0.4 is 11.5 Å². The second kappa shape index (κ2) is 8.62. The second-order valence-corrected chi connectivity index (χ2v) is 10.1. The number of phenols is 1. The van der Waals surface area contributed by atoms with Crippen LogP contribution in [0.25, 0.3) is 0 Å². The van der Waals surface area contributed by atoms with Gasteiger partial charge in [0.05, 0.1) is 23.2 Å². The van der Waals surface area contributed by atoms with Crippen molar-refractivity contribution in [2.45, 2.75) is 30.6 Å². The van der Waals surface area contributed by atoms with Crippen LogP contribution in [0.4, 0.5) is 5.69 Å². The first kappa shape index (κ1) is 26.1. The lowest BCUT2D eigenvalue weighted by molar-refractivity contribution is -0.183. The van der Waals surface area contributed by atoms with Crippen molar-refractivity contribution in [1.29, 1.82) is 0 Å². The number of primary amides is 1. The van der Waals surface area contributed by atoms with Gasteiger partial charge >= 0.3 is 0 Å². The average Bonchev–Trinajstić information content (AvgIpc) is 2.68. The molecular weight excluding hydrogens is 660 g/mol. The van der Waals surface area contributed by atoms with Crippen molar-refractivity contribution in [3.8, 4) is 5.75 Å². The molecule has 1 aromatic carbocycles. The summed E-state index contributed by atoms with van der Waals surface area (Å²) in [6.45, 7) is 0. The van der Waals surface area contributed by atoms with E-state index in [1.807, 2.05) is 22.6 Å². The standard InChI is InChI=1S/C21H24IN3O7.HI/c1-25(2)14-8-4-6-3-7-5-9(22)13(23)16(27)10(7)15(26)11(6)18(29)21(8,32)19(30)12(17(14)28)20(24)31;/h5-6,8,11,14,18,27,29-30,32H,3-4,23H2,1-2H3,(H2,24,31);1H/t6?,8?,11?,14-,18+,21?;/m0./s1. The Hall–Kier alpha value is -1.49. The molecule has 1 aromatic rings. The Labute approximate surface area is 220 Å². The summed E-state index contributed by atoms with van der Waals surface area (Å²) >= 11 is 1.95. The molecule has 8 N–H and O–H groups in total. The first-order chi connectivity index (χ1) is 14.8. The first-order valence-electron chi connectivity index (χ1n) is 10.0. The fraction of sp³-hybridized carbons (Fsp3) is 0.476. The number of rotatable bonds is 2. The van der Waals surface area contributed by atoms with Crippen molar-refractivity contribution in [2.75, 3.05) is 19.8 Å². The van der Waals surface area contributed by atoms with Gasteiger partial charge in [-0.05, 0) is 67.1 Å². The largest absolute Gasteiger partial charge is 0.508 e. The predicted octanol–water partition coefficient (Wildman–Crippen LogP) is 0.0904. The molecule has 1 amide bonds. The van der Waals surface area contributed by atoms with Crippen molar-refractivity contribution in [3.05, 3.63) is 32.1 Å². The molecule has 3 aliphatic carbocycles. The number of aliphatic hydroxyl groups is 3. The Balaban J connectivity index is 0.00000306. The highest BCUT2D eigenvalue weighted by Gasteiger charge is 2.65. The maximum Gasteiger partial charge on any atom is 0.255 e. The van der Waals surface area contributed by atoms with E-state index >= 15 is 0 Å². The summed E-state index contributed by atoms with van der Waals surface area (Å²) in [4.78, 5) is 39.9. The van der Waals surface area contributed by atoms with E-state index in [2.05, 4.69) is 0 Å². The number of hydrogen-bond acceptors (Lipinski definition) is 9. The highest BCUT2D eigenvalue weighted by atomic mass is 127. The summed E-state index contributed by atoms with van der Waals surface area (Å²) in [5.74, 6) is -6.69. The molecule has 1 saturated carbocycles. The SMILES string of the molecule is CN(C)[C@@H]1C(=O)C(C(N)=O)=C(O)C2(O)C1CC1Cc3cc(I)c(N)c(O)c3C(=O)C1[C@H]2O.I. The van der Waals surface area contributed by atoms with Gasteiger partial charge in [-0.25, -0.2) is 0 Å². The van der Waals surface area contributed by atoms with Crippen LogP contribution in [0, 0.1) is 21.3 Å². The number of carbonyl (C=O) groups excluding carboxylic acids is 3. The molecule has 6 atom stereocenters. The van der Waals surface area contributed by atoms with E-state index in [1.54, 1.807) is 20.2 Å². The van der Waals surface area contributed by atoms with Crippen LogP contribution in [0.15, 0.2) is 17.4 Å². The molecule has 3 aliphatic rings. The normalized spacial score (nSPS) is 33.2. The molecule has 0 heterocycles. The number of nitrogens with two attached hydrogens (primary N) is 2. The Kier molecular flexibility index (Phi) is 6.83. The third kappa shape index (κ3) is 3.47. The molecule has 10 nitrogen and oxygen atoms in total. The Morgan fingerprint density at radius 3 is 2.39 bits per heavy atom. The molecule has 1 fully saturated rings. The van der Waals surface area contributed by atoms with E-state index < -0.39 is 64.3 Å². The Morgan fingerprint density at radius 2 is 1.85 bits per heavy atom. The molecule has 12 heteroatoms. The van der Waals surface area contributed by atoms with E-state index in [1.165, 1.54) is 4.90 Å². The topological polar surface area (TPSA) is 187 Å². The Bertz CT molecular complexity index is 1110. The lowest BCUT2D eigenvalue weighted by atomic mass is 9.54. The van der Waals surface area contributed by atoms with Crippen molar-refractivity contribution in [2.24, 2.45) is 23.5 Å². The number of likely N-dealkylation sites (N-methyl/N-ethyl adjacent to an activating group) is 1. The minimum absolute atomic E-state index is 0. The number of benzene rings is 1. The van der Waals surface area contributed by atoms with Crippen LogP contribution in [0.2, 0.25) is 0 Å². The molecular formula is C21H25I2N3O7. The second-order valence-electron chi connectivity index (χ2n) is 8.98. The third-order valence-electron chi connectivity index (χ3n) is 7.14. The van der Waals surface area contributed by atoms with Crippen molar-refractivity contribution in [3.63, 3.8) is 0 Å². The number of carbonyl (C=O) groups is 3. The van der Waals surface area contributed by atoms with Gasteiger partial charge in [0.1, 0.15) is 17.4 Å². The molecule has 4 rings (SSSR count). The number of halogens is 2. The number of ketones is 2. The highest BCUT2D eigenvalue weighted by molar-refractivity contribution is 14.1. The van der Waals surface area contributed by atoms with Crippen LogP contribution in [0.1, 0.15) is 22.3 Å². The van der Waals surface area contributed by atoms with Crippen LogP contribution in [-0.2, 0) is 16.0 Å². The molecule has 0 aliphatic heterocycles. The number of phenolic OH excluding ortho intramolecular Hbond substituents is 1. The van der Waals surface area contributed by atoms with Gasteiger partial charge in [-0.3, -0.25) is 19.3 Å². The van der Waals surface area contributed by atoms with Gasteiger partial charge < -0.3 is 31.9 Å². The number of hydrogen-bond donors (Lipinski definition) is 6. The van der Waals surface area contributed by atoms with Gasteiger partial charge in [-0.2, -0.15) is 0 Å². The fourth-order valence-electron chi connectivity index (χ4n) is 5.72. The summed E-state index contributed by atoms with van der Waals surface area (Å²) in [5.41, 5.74) is 8.51. The number of amides is 1. The first-order valence-corrected chi connectivity index (χ1v) is 11.1. The average molecular weight is 685 g/mol. The van der Waals surface area contributed by atoms with Gasteiger partial charge in [0.2, 0.25) is 0 Å². The van der Waals surface area contributed by atoms with Crippen molar-refractivity contribution < 1.29 is 34.8 Å². The summed E-state index contributed by atoms with van der Waals surface area (Å²) in [6, 6.07) is 0.648. The smallest absolute Gasteiger partial charge is 0.255 e. The summed E-state index contributed by atoms with van der Waals surface area (Å²) in [6.07, 6.45) is -1.45. The number of anilines is 1. The lowest BCUT2D eigenvalue weighted by Gasteiger charge is -2.55. The van der Waals surface area contributed by atoms with Crippen molar-refractivity contribution >= 4 is 69.7 Å². The zero-order valence-corrected chi connectivity index (χ0v) is 22.3. The summed E-state index contributed by atoms with van der Waals surface area (Å²) < 4.78 is 0.573. The minimum atomic E-state index is -2.45. The highest BCUT2D eigenvalue weighted by Crippen LogP contribution is 2.54. The zero-order valence-electron chi connectivity index (χ0n) is 17.8. The van der Waals surface area contributed by atoms with Gasteiger partial charge in [0, 0.05) is 9.49 Å². The van der Waals surface area contributed by atoms with Crippen LogP contribution in [0.5, 0.6) is 5.75 Å². The van der Waals surface area contributed by atoms with Gasteiger partial charge in [-0.15, -0.1) is 24.0 Å². The molecule has 180 valence electrons. The lowest BCUT2D eigenvalue weighted by Crippen LogP contribution is -2.69. The fourth-order valence-corrected chi connectivity index (χ4v) is 6.36. The molecule has 4 unspecified atom stereocenters. The van der Waals surface area contributed by atoms with Crippen molar-refractivity contribution in [1.82, 2.24) is 4.90 Å². The summed E-state index contributed by atoms with van der Waals surface area (Å²) in [7, 11) is 3.15. The molecule has 33 heavy (non-hydrogen) atoms. The van der Waals surface area contributed by atoms with Crippen LogP contribution in [-0.4, -0.2) is 74.6 Å². The number of nitrogens with zero attached hydrogens (tertiary/aromatic N) is 1. The number of nitrogen functional groups attached to an aromatic ring is 1. The van der Waals surface area contributed by atoms with E-state index in [9.17, 15) is 34.8 Å².